The molecule has 0 saturated carbocycles. The highest BCUT2D eigenvalue weighted by Crippen LogP contribution is 2.25. The average molecular weight is 400 g/mol. The Morgan fingerprint density at radius 2 is 1.92 bits per heavy atom. The second kappa shape index (κ2) is 9.59. The number of nitrogens with zero attached hydrogens (tertiary/aromatic N) is 2. The van der Waals surface area contributed by atoms with Gasteiger partial charge in [-0.15, -0.1) is 10.2 Å². The van der Waals surface area contributed by atoms with E-state index in [1.165, 1.54) is 23.1 Å². The van der Waals surface area contributed by atoms with Crippen LogP contribution < -0.4 is 16.2 Å². The maximum atomic E-state index is 11.9. The van der Waals surface area contributed by atoms with E-state index in [-0.39, 0.29) is 11.7 Å². The van der Waals surface area contributed by atoms with Crippen LogP contribution in [0.25, 0.3) is 0 Å². The molecule has 0 unspecified atom stereocenters. The topological polar surface area (TPSA) is 96.0 Å². The first-order valence-corrected chi connectivity index (χ1v) is 9.67. The lowest BCUT2D eigenvalue weighted by atomic mass is 10.2. The third-order valence-electron chi connectivity index (χ3n) is 2.82. The summed E-state index contributed by atoms with van der Waals surface area (Å²) in [5.41, 5.74) is 5.12. The highest BCUT2D eigenvalue weighted by Gasteiger charge is 2.10. The number of carbonyl (C=O) groups excluding carboxylic acids is 2. The predicted octanol–water partition coefficient (Wildman–Crippen LogP) is 2.81. The number of hydrazine groups is 1. The minimum absolute atomic E-state index is 0.125. The summed E-state index contributed by atoms with van der Waals surface area (Å²) in [5, 5.41) is 12.5. The summed E-state index contributed by atoms with van der Waals surface area (Å²) in [4.78, 5) is 23.7. The van der Waals surface area contributed by atoms with E-state index in [0.717, 1.165) is 11.7 Å². The van der Waals surface area contributed by atoms with Crippen LogP contribution in [0.15, 0.2) is 28.6 Å². The molecule has 0 fully saturated rings. The normalized spacial score (nSPS) is 10.6. The summed E-state index contributed by atoms with van der Waals surface area (Å²) in [5.74, 6) is -0.111. The van der Waals surface area contributed by atoms with Crippen molar-refractivity contribution in [3.8, 4) is 0 Å². The van der Waals surface area contributed by atoms with Crippen molar-refractivity contribution in [3.05, 3.63) is 34.9 Å². The van der Waals surface area contributed by atoms with Gasteiger partial charge in [0.05, 0.1) is 5.75 Å². The van der Waals surface area contributed by atoms with Gasteiger partial charge in [0, 0.05) is 17.1 Å². The molecule has 0 atom stereocenters. The van der Waals surface area contributed by atoms with E-state index in [1.807, 2.05) is 0 Å². The first kappa shape index (κ1) is 19.5. The number of carbonyl (C=O) groups is 2. The molecule has 0 aliphatic carbocycles. The largest absolute Gasteiger partial charge is 0.360 e. The van der Waals surface area contributed by atoms with E-state index in [2.05, 4.69) is 40.2 Å². The van der Waals surface area contributed by atoms with Crippen LogP contribution in [0.3, 0.4) is 0 Å². The van der Waals surface area contributed by atoms with Gasteiger partial charge >= 0.3 is 0 Å². The summed E-state index contributed by atoms with van der Waals surface area (Å²) >= 11 is 8.41. The van der Waals surface area contributed by atoms with Crippen LogP contribution in [-0.4, -0.2) is 34.3 Å². The first-order chi connectivity index (χ1) is 11.9. The Hall–Kier alpha value is -1.84. The molecule has 1 aromatic heterocycles. The number of amides is 2. The number of hydrogen-bond acceptors (Lipinski definition) is 7. The maximum absolute atomic E-state index is 11.9. The lowest BCUT2D eigenvalue weighted by molar-refractivity contribution is -0.119. The summed E-state index contributed by atoms with van der Waals surface area (Å²) in [6.07, 6.45) is 0. The molecule has 134 valence electrons. The van der Waals surface area contributed by atoms with Crippen molar-refractivity contribution >= 4 is 51.6 Å². The van der Waals surface area contributed by atoms with Gasteiger partial charge in [-0.3, -0.25) is 20.4 Å². The van der Waals surface area contributed by atoms with Crippen LogP contribution in [0.4, 0.5) is 5.13 Å². The number of aromatic nitrogens is 2. The highest BCUT2D eigenvalue weighted by atomic mass is 35.5. The van der Waals surface area contributed by atoms with Gasteiger partial charge in [0.25, 0.3) is 5.91 Å². The molecule has 7 nitrogen and oxygen atoms in total. The van der Waals surface area contributed by atoms with Crippen LogP contribution >= 0.6 is 34.7 Å². The summed E-state index contributed by atoms with van der Waals surface area (Å²) in [6, 6.07) is 6.36. The van der Waals surface area contributed by atoms with E-state index < -0.39 is 5.91 Å². The Kier molecular flexibility index (Phi) is 7.48. The third kappa shape index (κ3) is 6.89. The number of thioether (sulfide) groups is 1. The fourth-order valence-corrected chi connectivity index (χ4v) is 3.28. The van der Waals surface area contributed by atoms with Crippen LogP contribution in [0.5, 0.6) is 0 Å². The van der Waals surface area contributed by atoms with Crippen molar-refractivity contribution in [2.75, 3.05) is 17.6 Å². The third-order valence-corrected chi connectivity index (χ3v) is 5.08. The predicted molar refractivity (Wildman–Crippen MR) is 101 cm³/mol. The van der Waals surface area contributed by atoms with Crippen LogP contribution in [0.1, 0.15) is 24.2 Å². The number of halogens is 1. The zero-order valence-corrected chi connectivity index (χ0v) is 16.1. The zero-order chi connectivity index (χ0) is 18.2. The molecule has 0 aliphatic heterocycles. The van der Waals surface area contributed by atoms with Gasteiger partial charge in [0.15, 0.2) is 4.34 Å². The Balaban J connectivity index is 1.71. The number of hydrogen-bond donors (Lipinski definition) is 3. The molecule has 3 N–H and O–H groups in total. The standard InChI is InChI=1S/C15H18ClN5O2S2/c1-9(2)7-17-14-20-21-15(25-14)24-8-12(22)18-19-13(23)10-3-5-11(16)6-4-10/h3-6,9H,7-8H2,1-2H3,(H,17,20)(H,18,22)(H,19,23). The molecule has 1 aromatic carbocycles. The molecule has 10 heteroatoms. The molecular weight excluding hydrogens is 382 g/mol. The van der Waals surface area contributed by atoms with Gasteiger partial charge in [0.1, 0.15) is 0 Å². The van der Waals surface area contributed by atoms with Crippen molar-refractivity contribution in [3.63, 3.8) is 0 Å². The van der Waals surface area contributed by atoms with E-state index >= 15 is 0 Å². The second-order valence-corrected chi connectivity index (χ2v) is 8.08. The molecule has 0 radical (unpaired) electrons. The molecule has 0 aliphatic rings. The molecule has 2 rings (SSSR count). The van der Waals surface area contributed by atoms with E-state index in [1.54, 1.807) is 24.3 Å². The van der Waals surface area contributed by atoms with Gasteiger partial charge in [-0.05, 0) is 30.2 Å². The minimum atomic E-state index is -0.411. The second-order valence-electron chi connectivity index (χ2n) is 5.45. The van der Waals surface area contributed by atoms with Gasteiger partial charge in [-0.25, -0.2) is 0 Å². The van der Waals surface area contributed by atoms with E-state index in [0.29, 0.717) is 20.8 Å². The molecule has 2 amide bonds. The Bertz CT molecular complexity index is 721. The molecule has 25 heavy (non-hydrogen) atoms. The van der Waals surface area contributed by atoms with Crippen molar-refractivity contribution in [1.82, 2.24) is 21.0 Å². The van der Waals surface area contributed by atoms with Gasteiger partial charge in [-0.2, -0.15) is 0 Å². The first-order valence-electron chi connectivity index (χ1n) is 7.49. The van der Waals surface area contributed by atoms with Crippen molar-refractivity contribution in [2.45, 2.75) is 18.2 Å². The fourth-order valence-electron chi connectivity index (χ4n) is 1.59. The zero-order valence-electron chi connectivity index (χ0n) is 13.7. The number of nitrogens with one attached hydrogen (secondary N) is 3. The molecule has 1 heterocycles. The van der Waals surface area contributed by atoms with Crippen LogP contribution in [-0.2, 0) is 4.79 Å². The summed E-state index contributed by atoms with van der Waals surface area (Å²) in [7, 11) is 0. The van der Waals surface area contributed by atoms with E-state index in [4.69, 9.17) is 11.6 Å². The summed E-state index contributed by atoms with van der Waals surface area (Å²) < 4.78 is 0.686. The monoisotopic (exact) mass is 399 g/mol. The van der Waals surface area contributed by atoms with Crippen molar-refractivity contribution in [1.29, 1.82) is 0 Å². The van der Waals surface area contributed by atoms with Gasteiger partial charge < -0.3 is 5.32 Å². The number of benzene rings is 1. The SMILES string of the molecule is CC(C)CNc1nnc(SCC(=O)NNC(=O)c2ccc(Cl)cc2)s1. The van der Waals surface area contributed by atoms with Crippen molar-refractivity contribution < 1.29 is 9.59 Å². The van der Waals surface area contributed by atoms with Crippen LogP contribution in [0.2, 0.25) is 5.02 Å². The minimum Gasteiger partial charge on any atom is -0.360 e. The van der Waals surface area contributed by atoms with Gasteiger partial charge in [-0.1, -0.05) is 48.5 Å². The molecule has 0 spiro atoms. The lowest BCUT2D eigenvalue weighted by Gasteiger charge is -2.06. The molecular formula is C15H18ClN5O2S2. The van der Waals surface area contributed by atoms with Crippen LogP contribution in [0, 0.1) is 5.92 Å². The number of anilines is 1. The lowest BCUT2D eigenvalue weighted by Crippen LogP contribution is -2.42. The van der Waals surface area contributed by atoms with E-state index in [9.17, 15) is 9.59 Å². The molecule has 0 bridgehead atoms. The number of rotatable bonds is 7. The van der Waals surface area contributed by atoms with Gasteiger partial charge in [0.2, 0.25) is 11.0 Å². The summed E-state index contributed by atoms with van der Waals surface area (Å²) in [6.45, 7) is 5.02. The van der Waals surface area contributed by atoms with Crippen molar-refractivity contribution in [2.24, 2.45) is 5.92 Å². The smallest absolute Gasteiger partial charge is 0.269 e. The molecule has 2 aromatic rings. The average Bonchev–Trinajstić information content (AvgIpc) is 3.04. The maximum Gasteiger partial charge on any atom is 0.269 e. The Labute approximate surface area is 158 Å². The quantitative estimate of drug-likeness (QED) is 0.489. The Morgan fingerprint density at radius 3 is 2.60 bits per heavy atom. The highest BCUT2D eigenvalue weighted by molar-refractivity contribution is 8.01. The Morgan fingerprint density at radius 1 is 1.20 bits per heavy atom. The fraction of sp³-hybridized carbons (Fsp3) is 0.333. The molecule has 0 saturated heterocycles.